The van der Waals surface area contributed by atoms with E-state index in [2.05, 4.69) is 0 Å². The van der Waals surface area contributed by atoms with Gasteiger partial charge in [0.25, 0.3) is 0 Å². The molecule has 0 aliphatic heterocycles. The van der Waals surface area contributed by atoms with Gasteiger partial charge in [-0.1, -0.05) is 0 Å². The van der Waals surface area contributed by atoms with Crippen LogP contribution in [0.15, 0.2) is 24.3 Å². The third-order valence-electron chi connectivity index (χ3n) is 3.67. The maximum Gasteiger partial charge on any atom is 0.319 e. The minimum Gasteiger partial charge on any atom is -0.497 e. The number of carbonyl (C=O) groups is 2. The van der Waals surface area contributed by atoms with Gasteiger partial charge in [-0.15, -0.1) is 0 Å². The molecule has 0 bridgehead atoms. The van der Waals surface area contributed by atoms with Crippen molar-refractivity contribution in [3.05, 3.63) is 24.3 Å². The molecule has 1 fully saturated rings. The zero-order valence-corrected chi connectivity index (χ0v) is 12.2. The van der Waals surface area contributed by atoms with Crippen LogP contribution < -0.4 is 9.47 Å². The van der Waals surface area contributed by atoms with E-state index in [0.717, 1.165) is 5.75 Å². The summed E-state index contributed by atoms with van der Waals surface area (Å²) in [5.74, 6) is 0.0477. The number of carboxylic acids is 1. The van der Waals surface area contributed by atoms with Crippen LogP contribution in [0.1, 0.15) is 12.8 Å². The summed E-state index contributed by atoms with van der Waals surface area (Å²) in [7, 11) is 3.19. The van der Waals surface area contributed by atoms with Crippen molar-refractivity contribution in [2.75, 3.05) is 27.3 Å². The molecule has 2 rings (SSSR count). The number of methoxy groups -OCH3 is 1. The van der Waals surface area contributed by atoms with Crippen molar-refractivity contribution >= 4 is 11.9 Å². The molecule has 1 saturated carbocycles. The van der Waals surface area contributed by atoms with Crippen LogP contribution in [0.4, 0.5) is 0 Å². The fourth-order valence-corrected chi connectivity index (χ4v) is 2.08. The van der Waals surface area contributed by atoms with Crippen LogP contribution in [0, 0.1) is 5.41 Å². The predicted molar refractivity (Wildman–Crippen MR) is 75.4 cm³/mol. The summed E-state index contributed by atoms with van der Waals surface area (Å²) in [4.78, 5) is 24.6. The largest absolute Gasteiger partial charge is 0.497 e. The third kappa shape index (κ3) is 3.26. The number of benzene rings is 1. The van der Waals surface area contributed by atoms with Crippen molar-refractivity contribution in [3.8, 4) is 11.5 Å². The van der Waals surface area contributed by atoms with Gasteiger partial charge in [-0.05, 0) is 37.1 Å². The SMILES string of the molecule is COc1ccc(OCCN(C)C(=O)C2(C(=O)O)CC2)cc1. The maximum atomic E-state index is 12.1. The van der Waals surface area contributed by atoms with E-state index in [1.54, 1.807) is 38.4 Å². The normalized spacial score (nSPS) is 15.1. The number of hydrogen-bond acceptors (Lipinski definition) is 4. The summed E-state index contributed by atoms with van der Waals surface area (Å²) >= 11 is 0. The summed E-state index contributed by atoms with van der Waals surface area (Å²) in [6.45, 7) is 0.657. The number of amides is 1. The Hall–Kier alpha value is -2.24. The molecule has 0 heterocycles. The second kappa shape index (κ2) is 6.03. The second-order valence-electron chi connectivity index (χ2n) is 5.14. The van der Waals surface area contributed by atoms with Gasteiger partial charge in [-0.2, -0.15) is 0 Å². The van der Waals surface area contributed by atoms with Gasteiger partial charge in [0.2, 0.25) is 5.91 Å². The Labute approximate surface area is 123 Å². The van der Waals surface area contributed by atoms with Gasteiger partial charge in [-0.25, -0.2) is 0 Å². The highest BCUT2D eigenvalue weighted by Gasteiger charge is 2.58. The summed E-state index contributed by atoms with van der Waals surface area (Å²) in [5, 5.41) is 9.09. The smallest absolute Gasteiger partial charge is 0.319 e. The van der Waals surface area contributed by atoms with E-state index in [0.29, 0.717) is 31.7 Å². The maximum absolute atomic E-state index is 12.1. The highest BCUT2D eigenvalue weighted by atomic mass is 16.5. The molecule has 0 radical (unpaired) electrons. The van der Waals surface area contributed by atoms with E-state index < -0.39 is 11.4 Å². The molecular weight excluding hydrogens is 274 g/mol. The van der Waals surface area contributed by atoms with Gasteiger partial charge < -0.3 is 19.5 Å². The van der Waals surface area contributed by atoms with Crippen molar-refractivity contribution in [1.82, 2.24) is 4.90 Å². The van der Waals surface area contributed by atoms with Gasteiger partial charge >= 0.3 is 5.97 Å². The Balaban J connectivity index is 1.80. The lowest BCUT2D eigenvalue weighted by Gasteiger charge is -2.21. The lowest BCUT2D eigenvalue weighted by molar-refractivity contribution is -0.153. The molecule has 0 saturated heterocycles. The van der Waals surface area contributed by atoms with Crippen LogP contribution in [0.3, 0.4) is 0 Å². The van der Waals surface area contributed by atoms with Crippen molar-refractivity contribution in [3.63, 3.8) is 0 Å². The van der Waals surface area contributed by atoms with Crippen molar-refractivity contribution in [1.29, 1.82) is 0 Å². The predicted octanol–water partition coefficient (Wildman–Crippen LogP) is 1.40. The molecule has 1 aromatic carbocycles. The first-order valence-electron chi connectivity index (χ1n) is 6.75. The second-order valence-corrected chi connectivity index (χ2v) is 5.14. The Morgan fingerprint density at radius 3 is 2.29 bits per heavy atom. The van der Waals surface area contributed by atoms with Crippen molar-refractivity contribution in [2.24, 2.45) is 5.41 Å². The summed E-state index contributed by atoms with van der Waals surface area (Å²) in [5.41, 5.74) is -1.19. The lowest BCUT2D eigenvalue weighted by Crippen LogP contribution is -2.40. The molecule has 6 heteroatoms. The fourth-order valence-electron chi connectivity index (χ4n) is 2.08. The summed E-state index contributed by atoms with van der Waals surface area (Å²) < 4.78 is 10.6. The Morgan fingerprint density at radius 1 is 1.24 bits per heavy atom. The number of carbonyl (C=O) groups excluding carboxylic acids is 1. The number of hydrogen-bond donors (Lipinski definition) is 1. The number of nitrogens with zero attached hydrogens (tertiary/aromatic N) is 1. The van der Waals surface area contributed by atoms with Gasteiger partial charge in [0, 0.05) is 7.05 Å². The number of likely N-dealkylation sites (N-methyl/N-ethyl adjacent to an activating group) is 1. The van der Waals surface area contributed by atoms with E-state index in [9.17, 15) is 9.59 Å². The minimum atomic E-state index is -1.19. The first kappa shape index (κ1) is 15.2. The monoisotopic (exact) mass is 293 g/mol. The number of rotatable bonds is 7. The fraction of sp³-hybridized carbons (Fsp3) is 0.467. The van der Waals surface area contributed by atoms with Crippen LogP contribution in [0.5, 0.6) is 11.5 Å². The van der Waals surface area contributed by atoms with Crippen LogP contribution >= 0.6 is 0 Å². The number of carboxylic acid groups (broad SMARTS) is 1. The average Bonchev–Trinajstić information content (AvgIpc) is 3.28. The first-order valence-corrected chi connectivity index (χ1v) is 6.75. The highest BCUT2D eigenvalue weighted by Crippen LogP contribution is 2.47. The quantitative estimate of drug-likeness (QED) is 0.769. The molecule has 0 aromatic heterocycles. The van der Waals surface area contributed by atoms with Crippen molar-refractivity contribution in [2.45, 2.75) is 12.8 Å². The van der Waals surface area contributed by atoms with E-state index in [-0.39, 0.29) is 5.91 Å². The van der Waals surface area contributed by atoms with Crippen molar-refractivity contribution < 1.29 is 24.2 Å². The summed E-state index contributed by atoms with van der Waals surface area (Å²) in [6, 6.07) is 7.13. The van der Waals surface area contributed by atoms with Gasteiger partial charge in [-0.3, -0.25) is 9.59 Å². The average molecular weight is 293 g/mol. The van der Waals surface area contributed by atoms with Gasteiger partial charge in [0.15, 0.2) is 0 Å². The Kier molecular flexibility index (Phi) is 4.35. The van der Waals surface area contributed by atoms with Crippen LogP contribution in [0.25, 0.3) is 0 Å². The number of ether oxygens (including phenoxy) is 2. The standard InChI is InChI=1S/C15H19NO5/c1-16(13(17)15(7-8-15)14(18)19)9-10-21-12-5-3-11(20-2)4-6-12/h3-6H,7-10H2,1-2H3,(H,18,19). The first-order chi connectivity index (χ1) is 9.99. The molecule has 1 N–H and O–H groups in total. The molecule has 21 heavy (non-hydrogen) atoms. The number of aliphatic carboxylic acids is 1. The molecular formula is C15H19NO5. The summed E-state index contributed by atoms with van der Waals surface area (Å²) in [6.07, 6.45) is 0.843. The van der Waals surface area contributed by atoms with Crippen LogP contribution in [-0.4, -0.2) is 49.2 Å². The van der Waals surface area contributed by atoms with Gasteiger partial charge in [0.05, 0.1) is 13.7 Å². The van der Waals surface area contributed by atoms with Crippen LogP contribution in [0.2, 0.25) is 0 Å². The Morgan fingerprint density at radius 2 is 1.81 bits per heavy atom. The molecule has 1 aliphatic carbocycles. The van der Waals surface area contributed by atoms with E-state index in [1.807, 2.05) is 0 Å². The lowest BCUT2D eigenvalue weighted by atomic mass is 10.1. The molecule has 6 nitrogen and oxygen atoms in total. The van der Waals surface area contributed by atoms with E-state index >= 15 is 0 Å². The van der Waals surface area contributed by atoms with E-state index in [4.69, 9.17) is 14.6 Å². The molecule has 1 aromatic rings. The zero-order chi connectivity index (χ0) is 15.5. The Bertz CT molecular complexity index is 521. The molecule has 0 unspecified atom stereocenters. The molecule has 0 atom stereocenters. The molecule has 114 valence electrons. The topological polar surface area (TPSA) is 76.1 Å². The third-order valence-corrected chi connectivity index (χ3v) is 3.67. The van der Waals surface area contributed by atoms with Gasteiger partial charge in [0.1, 0.15) is 23.5 Å². The van der Waals surface area contributed by atoms with Crippen LogP contribution in [-0.2, 0) is 9.59 Å². The minimum absolute atomic E-state index is 0.310. The molecule has 0 spiro atoms. The zero-order valence-electron chi connectivity index (χ0n) is 12.2. The van der Waals surface area contributed by atoms with E-state index in [1.165, 1.54) is 4.90 Å². The highest BCUT2D eigenvalue weighted by molar-refractivity contribution is 6.04. The molecule has 1 aliphatic rings. The molecule has 1 amide bonds.